The second kappa shape index (κ2) is 11.5. The number of ether oxygens (including phenoxy) is 4. The van der Waals surface area contributed by atoms with E-state index < -0.39 is 11.0 Å². The molecule has 1 spiro atoms. The van der Waals surface area contributed by atoms with Gasteiger partial charge in [-0.25, -0.2) is 0 Å². The molecule has 2 N–H and O–H groups in total. The molecular weight excluding hydrogens is 558 g/mol. The van der Waals surface area contributed by atoms with Crippen molar-refractivity contribution in [3.05, 3.63) is 77.0 Å². The minimum Gasteiger partial charge on any atom is -0.493 e. The van der Waals surface area contributed by atoms with Crippen LogP contribution in [0, 0.1) is 0 Å². The summed E-state index contributed by atoms with van der Waals surface area (Å²) in [5, 5.41) is 15.4. The maximum absolute atomic E-state index is 12.5. The fourth-order valence-electron chi connectivity index (χ4n) is 8.39. The number of amides is 1. The van der Waals surface area contributed by atoms with Gasteiger partial charge >= 0.3 is 0 Å². The van der Waals surface area contributed by atoms with Gasteiger partial charge in [-0.15, -0.1) is 0 Å². The first-order chi connectivity index (χ1) is 21.4. The highest BCUT2D eigenvalue weighted by molar-refractivity contribution is 5.94. The Morgan fingerprint density at radius 1 is 1.18 bits per heavy atom. The molecule has 5 atom stereocenters. The lowest BCUT2D eigenvalue weighted by atomic mass is 9.50. The van der Waals surface area contributed by atoms with Crippen LogP contribution in [0.1, 0.15) is 46.3 Å². The van der Waals surface area contributed by atoms with E-state index in [1.54, 1.807) is 25.3 Å². The van der Waals surface area contributed by atoms with Gasteiger partial charge in [0.25, 0.3) is 5.91 Å². The average Bonchev–Trinajstić information content (AvgIpc) is 3.65. The van der Waals surface area contributed by atoms with E-state index in [1.807, 2.05) is 18.2 Å². The molecule has 0 saturated carbocycles. The number of likely N-dealkylation sites (tertiary alicyclic amines) is 2. The van der Waals surface area contributed by atoms with Crippen molar-refractivity contribution in [3.8, 4) is 11.5 Å². The highest BCUT2D eigenvalue weighted by Crippen LogP contribution is 2.65. The second-order valence-electron chi connectivity index (χ2n) is 12.7. The number of nitrogens with one attached hydrogen (secondary N) is 1. The number of nitrogens with zero attached hydrogens (tertiary/aromatic N) is 2. The fourth-order valence-corrected chi connectivity index (χ4v) is 8.39. The first-order valence-electron chi connectivity index (χ1n) is 15.8. The zero-order chi connectivity index (χ0) is 30.5. The summed E-state index contributed by atoms with van der Waals surface area (Å²) in [5.41, 5.74) is 3.84. The Kier molecular flexibility index (Phi) is 7.69. The Morgan fingerprint density at radius 2 is 2.02 bits per heavy atom. The SMILES string of the molecule is C=Cc1ccc(C(=O)NCCOCCOC2CCN(C3=CC[C@@]4(O)[C@H]5Cc6ccc(OC)c7c6[C@@]4(CCN5C)[C@H]3O7)C2)cc1. The molecule has 44 heavy (non-hydrogen) atoms. The van der Waals surface area contributed by atoms with Crippen LogP contribution in [0.4, 0.5) is 0 Å². The van der Waals surface area contributed by atoms with Crippen LogP contribution in [-0.2, 0) is 21.3 Å². The Balaban J connectivity index is 0.940. The third-order valence-corrected chi connectivity index (χ3v) is 10.6. The fraction of sp³-hybridized carbons (Fsp3) is 0.514. The zero-order valence-corrected chi connectivity index (χ0v) is 25.7. The van der Waals surface area contributed by atoms with Crippen molar-refractivity contribution < 1.29 is 28.8 Å². The normalized spacial score (nSPS) is 29.9. The Bertz CT molecular complexity index is 1460. The molecule has 2 bridgehead atoms. The molecule has 234 valence electrons. The van der Waals surface area contributed by atoms with Gasteiger partial charge in [0.05, 0.1) is 49.7 Å². The van der Waals surface area contributed by atoms with E-state index in [4.69, 9.17) is 18.9 Å². The predicted octanol–water partition coefficient (Wildman–Crippen LogP) is 3.15. The number of piperidine rings is 1. The van der Waals surface area contributed by atoms with Gasteiger partial charge in [-0.05, 0) is 68.6 Å². The Labute approximate surface area is 259 Å². The molecular formula is C35H43N3O6. The van der Waals surface area contributed by atoms with Gasteiger partial charge in [0.15, 0.2) is 17.6 Å². The maximum Gasteiger partial charge on any atom is 0.251 e. The molecule has 9 heteroatoms. The largest absolute Gasteiger partial charge is 0.493 e. The minimum atomic E-state index is -0.888. The third kappa shape index (κ3) is 4.55. The zero-order valence-electron chi connectivity index (χ0n) is 25.7. The Hall–Kier alpha value is -3.37. The number of hydrogen-bond acceptors (Lipinski definition) is 8. The van der Waals surface area contributed by atoms with Crippen LogP contribution in [0.2, 0.25) is 0 Å². The highest BCUT2D eigenvalue weighted by atomic mass is 16.5. The Morgan fingerprint density at radius 3 is 2.82 bits per heavy atom. The van der Waals surface area contributed by atoms with E-state index in [2.05, 4.69) is 40.9 Å². The smallest absolute Gasteiger partial charge is 0.251 e. The molecule has 2 aromatic rings. The summed E-state index contributed by atoms with van der Waals surface area (Å²) in [4.78, 5) is 17.0. The lowest BCUT2D eigenvalue weighted by Crippen LogP contribution is -2.74. The van der Waals surface area contributed by atoms with Gasteiger partial charge in [-0.2, -0.15) is 0 Å². The minimum absolute atomic E-state index is 0.0545. The highest BCUT2D eigenvalue weighted by Gasteiger charge is 2.71. The van der Waals surface area contributed by atoms with Crippen LogP contribution < -0.4 is 14.8 Å². The summed E-state index contributed by atoms with van der Waals surface area (Å²) in [6, 6.07) is 11.6. The number of carbonyl (C=O) groups excluding carboxylic acids is 1. The number of aliphatic hydroxyl groups is 1. The lowest BCUT2D eigenvalue weighted by Gasteiger charge is -2.62. The molecule has 0 radical (unpaired) electrons. The van der Waals surface area contributed by atoms with Gasteiger partial charge in [-0.3, -0.25) is 4.79 Å². The molecule has 1 unspecified atom stereocenters. The third-order valence-electron chi connectivity index (χ3n) is 10.6. The van der Waals surface area contributed by atoms with Crippen LogP contribution in [0.15, 0.2) is 54.8 Å². The molecule has 2 aromatic carbocycles. The summed E-state index contributed by atoms with van der Waals surface area (Å²) >= 11 is 0. The van der Waals surface area contributed by atoms with Crippen molar-refractivity contribution in [2.24, 2.45) is 0 Å². The van der Waals surface area contributed by atoms with Crippen molar-refractivity contribution in [3.63, 3.8) is 0 Å². The number of rotatable bonds is 11. The molecule has 3 aliphatic heterocycles. The van der Waals surface area contributed by atoms with E-state index in [9.17, 15) is 9.90 Å². The van der Waals surface area contributed by atoms with Gasteiger partial charge in [0.2, 0.25) is 0 Å². The van der Waals surface area contributed by atoms with Gasteiger partial charge in [0.1, 0.15) is 0 Å². The van der Waals surface area contributed by atoms with Crippen LogP contribution in [0.5, 0.6) is 11.5 Å². The number of carbonyl (C=O) groups is 1. The quantitative estimate of drug-likeness (QED) is 0.380. The molecule has 0 aromatic heterocycles. The average molecular weight is 602 g/mol. The summed E-state index contributed by atoms with van der Waals surface area (Å²) in [7, 11) is 3.83. The number of methoxy groups -OCH3 is 1. The van der Waals surface area contributed by atoms with Crippen molar-refractivity contribution >= 4 is 12.0 Å². The van der Waals surface area contributed by atoms with Gasteiger partial charge < -0.3 is 39.2 Å². The molecule has 2 aliphatic carbocycles. The molecule has 2 saturated heterocycles. The summed E-state index contributed by atoms with van der Waals surface area (Å²) in [6.45, 7) is 8.16. The van der Waals surface area contributed by atoms with Crippen LogP contribution in [0.3, 0.4) is 0 Å². The number of hydrogen-bond donors (Lipinski definition) is 2. The van der Waals surface area contributed by atoms with Crippen LogP contribution in [0.25, 0.3) is 6.08 Å². The van der Waals surface area contributed by atoms with Crippen molar-refractivity contribution in [1.29, 1.82) is 0 Å². The number of benzene rings is 2. The van der Waals surface area contributed by atoms with E-state index in [1.165, 1.54) is 16.8 Å². The van der Waals surface area contributed by atoms with E-state index in [-0.39, 0.29) is 24.2 Å². The first kappa shape index (κ1) is 29.3. The molecule has 1 amide bonds. The van der Waals surface area contributed by atoms with Crippen molar-refractivity contribution in [2.45, 2.75) is 54.9 Å². The molecule has 3 heterocycles. The summed E-state index contributed by atoms with van der Waals surface area (Å²) in [5.74, 6) is 1.45. The van der Waals surface area contributed by atoms with Crippen molar-refractivity contribution in [2.75, 3.05) is 60.2 Å². The molecule has 9 nitrogen and oxygen atoms in total. The molecule has 5 aliphatic rings. The monoisotopic (exact) mass is 601 g/mol. The lowest BCUT2D eigenvalue weighted by molar-refractivity contribution is -0.161. The standard InChI is InChI=1S/C35H43N3O6/c1-4-23-5-7-24(8-6-23)33(39)36-15-18-42-19-20-43-26-12-16-38(22-26)27-11-13-35(40)29-21-25-9-10-28(41-3)31-30(25)34(35,32(27)44-31)14-17-37(29)2/h4-11,26,29,32,40H,1,12-22H2,2-3H3,(H,36,39)/t26?,29-,32+,34+,35-/m1/s1. The summed E-state index contributed by atoms with van der Waals surface area (Å²) < 4.78 is 24.5. The van der Waals surface area contributed by atoms with Gasteiger partial charge in [0, 0.05) is 36.8 Å². The topological polar surface area (TPSA) is 92.7 Å². The van der Waals surface area contributed by atoms with Crippen molar-refractivity contribution in [1.82, 2.24) is 15.1 Å². The van der Waals surface area contributed by atoms with Crippen LogP contribution in [-0.4, -0.2) is 105 Å². The summed E-state index contributed by atoms with van der Waals surface area (Å²) in [6.07, 6.45) is 7.03. The molecule has 2 fully saturated rings. The second-order valence-corrected chi connectivity index (χ2v) is 12.7. The maximum atomic E-state index is 12.5. The van der Waals surface area contributed by atoms with E-state index in [0.717, 1.165) is 56.0 Å². The first-order valence-corrected chi connectivity index (χ1v) is 15.8. The van der Waals surface area contributed by atoms with Crippen LogP contribution >= 0.6 is 0 Å². The van der Waals surface area contributed by atoms with E-state index in [0.29, 0.717) is 38.3 Å². The van der Waals surface area contributed by atoms with Gasteiger partial charge in [-0.1, -0.05) is 36.9 Å². The predicted molar refractivity (Wildman–Crippen MR) is 167 cm³/mol. The number of likely N-dealkylation sites (N-methyl/N-ethyl adjacent to an activating group) is 1. The molecule has 7 rings (SSSR count). The van der Waals surface area contributed by atoms with E-state index >= 15 is 0 Å².